The summed E-state index contributed by atoms with van der Waals surface area (Å²) in [6, 6.07) is 17.9. The van der Waals surface area contributed by atoms with Gasteiger partial charge in [-0.25, -0.2) is 9.37 Å². The first-order chi connectivity index (χ1) is 21.0. The minimum atomic E-state index is -1.68. The van der Waals surface area contributed by atoms with E-state index in [0.717, 1.165) is 11.1 Å². The molecule has 1 aliphatic rings. The maximum absolute atomic E-state index is 13.7. The van der Waals surface area contributed by atoms with Gasteiger partial charge in [0.15, 0.2) is 0 Å². The topological polar surface area (TPSA) is 152 Å². The summed E-state index contributed by atoms with van der Waals surface area (Å²) >= 11 is 0. The summed E-state index contributed by atoms with van der Waals surface area (Å²) in [6.07, 6.45) is 5.00. The Hall–Kier alpha value is -5.42. The molecule has 0 spiro atoms. The van der Waals surface area contributed by atoms with Crippen LogP contribution in [0.2, 0.25) is 0 Å². The van der Waals surface area contributed by atoms with E-state index < -0.39 is 28.6 Å². The number of aromatic nitrogens is 3. The molecule has 0 aliphatic carbocycles. The van der Waals surface area contributed by atoms with Crippen molar-refractivity contribution in [3.63, 3.8) is 0 Å². The van der Waals surface area contributed by atoms with Gasteiger partial charge in [-0.2, -0.15) is 0 Å². The van der Waals surface area contributed by atoms with E-state index in [1.807, 2.05) is 12.1 Å². The van der Waals surface area contributed by atoms with Gasteiger partial charge in [0, 0.05) is 34.5 Å². The number of fused-ring (bicyclic) bond motifs is 2. The summed E-state index contributed by atoms with van der Waals surface area (Å²) < 4.78 is 19.6. The van der Waals surface area contributed by atoms with Gasteiger partial charge in [-0.15, -0.1) is 0 Å². The third kappa shape index (κ3) is 5.29. The van der Waals surface area contributed by atoms with Crippen LogP contribution in [-0.4, -0.2) is 45.0 Å². The van der Waals surface area contributed by atoms with Crippen molar-refractivity contribution < 1.29 is 23.8 Å². The Labute approximate surface area is 252 Å². The molecule has 0 fully saturated rings. The fourth-order valence-electron chi connectivity index (χ4n) is 5.12. The van der Waals surface area contributed by atoms with Crippen LogP contribution < -0.4 is 21.1 Å². The van der Waals surface area contributed by atoms with Crippen LogP contribution in [0.1, 0.15) is 35.5 Å². The molecule has 11 heteroatoms. The summed E-state index contributed by atoms with van der Waals surface area (Å²) in [6.45, 7) is 2.93. The highest BCUT2D eigenvalue weighted by atomic mass is 19.1. The van der Waals surface area contributed by atoms with Crippen LogP contribution in [0.15, 0.2) is 85.3 Å². The Bertz CT molecular complexity index is 1900. The van der Waals surface area contributed by atoms with Gasteiger partial charge in [0.2, 0.25) is 5.91 Å². The molecule has 0 unspecified atom stereocenters. The number of pyridine rings is 3. The maximum Gasteiger partial charge on any atom is 0.251 e. The van der Waals surface area contributed by atoms with Gasteiger partial charge in [-0.05, 0) is 74.5 Å². The Balaban J connectivity index is 1.32. The first kappa shape index (κ1) is 28.7. The lowest BCUT2D eigenvalue weighted by molar-refractivity contribution is -0.123. The van der Waals surface area contributed by atoms with E-state index >= 15 is 0 Å². The molecule has 222 valence electrons. The lowest BCUT2D eigenvalue weighted by Crippen LogP contribution is -2.41. The number of amides is 2. The van der Waals surface area contributed by atoms with E-state index in [2.05, 4.69) is 25.6 Å². The average molecular weight is 593 g/mol. The molecule has 3 aromatic heterocycles. The third-order valence-corrected chi connectivity index (χ3v) is 7.79. The van der Waals surface area contributed by atoms with E-state index in [1.54, 1.807) is 55.8 Å². The number of primary amides is 1. The zero-order valence-electron chi connectivity index (χ0n) is 24.0. The van der Waals surface area contributed by atoms with Crippen LogP contribution in [-0.2, 0) is 15.8 Å². The number of rotatable bonds is 8. The molecule has 10 nitrogen and oxygen atoms in total. The monoisotopic (exact) mass is 592 g/mol. The number of ether oxygens (including phenoxy) is 1. The molecule has 4 heterocycles. The molecule has 0 radical (unpaired) electrons. The standard InChI is InChI=1S/C33H29FN6O4/c1-32(31(35)42)18-44-29-24(32)15-26(40-28(29)19-7-9-22(34)10-8-19)33(2,43)17-38-30(41)21-13-20-5-3-12-37-27(20)25(14-21)39-23-6-4-11-36-16-23/h3-16,39,43H,17-18H2,1-2H3,(H2,35,42)(H,38,41)/t32-,33-/m0/s1. The Kier molecular flexibility index (Phi) is 7.18. The van der Waals surface area contributed by atoms with Gasteiger partial charge < -0.3 is 26.2 Å². The van der Waals surface area contributed by atoms with Crippen molar-refractivity contribution in [3.05, 3.63) is 108 Å². The number of nitrogens with two attached hydrogens (primary N) is 1. The van der Waals surface area contributed by atoms with Gasteiger partial charge in [0.25, 0.3) is 5.91 Å². The second kappa shape index (κ2) is 11.0. The van der Waals surface area contributed by atoms with Crippen LogP contribution in [0, 0.1) is 5.82 Å². The van der Waals surface area contributed by atoms with Gasteiger partial charge in [0.1, 0.15) is 34.9 Å². The predicted octanol–water partition coefficient (Wildman–Crippen LogP) is 4.35. The van der Waals surface area contributed by atoms with E-state index in [4.69, 9.17) is 10.5 Å². The summed E-state index contributed by atoms with van der Waals surface area (Å²) in [5.41, 5.74) is 6.73. The van der Waals surface area contributed by atoms with Gasteiger partial charge in [0.05, 0.1) is 35.3 Å². The molecule has 0 saturated heterocycles. The fraction of sp³-hybridized carbons (Fsp3) is 0.182. The van der Waals surface area contributed by atoms with E-state index in [0.29, 0.717) is 39.3 Å². The van der Waals surface area contributed by atoms with E-state index in [-0.39, 0.29) is 18.8 Å². The van der Waals surface area contributed by atoms with E-state index in [9.17, 15) is 19.1 Å². The van der Waals surface area contributed by atoms with Crippen molar-refractivity contribution in [3.8, 4) is 17.0 Å². The number of halogens is 1. The molecule has 44 heavy (non-hydrogen) atoms. The largest absolute Gasteiger partial charge is 0.489 e. The number of nitrogens with one attached hydrogen (secondary N) is 2. The number of carbonyl (C=O) groups is 2. The number of anilines is 2. The zero-order valence-corrected chi connectivity index (χ0v) is 24.0. The van der Waals surface area contributed by atoms with Crippen molar-refractivity contribution >= 4 is 34.1 Å². The number of hydrogen-bond acceptors (Lipinski definition) is 8. The number of hydrogen-bond donors (Lipinski definition) is 4. The zero-order chi connectivity index (χ0) is 31.1. The molecule has 1 aliphatic heterocycles. The fourth-order valence-corrected chi connectivity index (χ4v) is 5.12. The van der Waals surface area contributed by atoms with Crippen molar-refractivity contribution in [2.45, 2.75) is 24.9 Å². The van der Waals surface area contributed by atoms with Crippen LogP contribution >= 0.6 is 0 Å². The lowest BCUT2D eigenvalue weighted by atomic mass is 9.82. The number of benzene rings is 2. The summed E-state index contributed by atoms with van der Waals surface area (Å²) in [5.74, 6) is -1.13. The molecule has 2 aromatic carbocycles. The third-order valence-electron chi connectivity index (χ3n) is 7.79. The summed E-state index contributed by atoms with van der Waals surface area (Å²) in [4.78, 5) is 39.2. The Morgan fingerprint density at radius 1 is 1.11 bits per heavy atom. The SMILES string of the molecule is C[C@](O)(CNC(=O)c1cc(Nc2cccnc2)c2ncccc2c1)c1cc2c(c(-c3ccc(F)cc3)n1)OC[C@]2(C)C(N)=O. The highest BCUT2D eigenvalue weighted by molar-refractivity contribution is 6.02. The molecule has 6 rings (SSSR count). The molecule has 2 amide bonds. The number of aliphatic hydroxyl groups is 1. The molecule has 5 N–H and O–H groups in total. The van der Waals surface area contributed by atoms with Crippen molar-refractivity contribution in [1.29, 1.82) is 0 Å². The molecular formula is C33H29FN6O4. The van der Waals surface area contributed by atoms with Gasteiger partial charge in [-0.3, -0.25) is 19.6 Å². The second-order valence-corrected chi connectivity index (χ2v) is 11.1. The Morgan fingerprint density at radius 2 is 1.89 bits per heavy atom. The quantitative estimate of drug-likeness (QED) is 0.208. The summed E-state index contributed by atoms with van der Waals surface area (Å²) in [7, 11) is 0. The van der Waals surface area contributed by atoms with Crippen LogP contribution in [0.3, 0.4) is 0 Å². The average Bonchev–Trinajstić information content (AvgIpc) is 3.38. The Morgan fingerprint density at radius 3 is 2.61 bits per heavy atom. The van der Waals surface area contributed by atoms with Crippen molar-refractivity contribution in [2.75, 3.05) is 18.5 Å². The first-order valence-electron chi connectivity index (χ1n) is 13.9. The van der Waals surface area contributed by atoms with Crippen molar-refractivity contribution in [1.82, 2.24) is 20.3 Å². The normalized spacial score (nSPS) is 16.9. The minimum Gasteiger partial charge on any atom is -0.489 e. The summed E-state index contributed by atoms with van der Waals surface area (Å²) in [5, 5.41) is 18.5. The second-order valence-electron chi connectivity index (χ2n) is 11.1. The van der Waals surface area contributed by atoms with Crippen LogP contribution in [0.25, 0.3) is 22.2 Å². The molecule has 0 saturated carbocycles. The van der Waals surface area contributed by atoms with Crippen LogP contribution in [0.4, 0.5) is 15.8 Å². The molecule has 2 atom stereocenters. The molecule has 0 bridgehead atoms. The number of nitrogens with zero attached hydrogens (tertiary/aromatic N) is 3. The van der Waals surface area contributed by atoms with Gasteiger partial charge >= 0.3 is 0 Å². The highest BCUT2D eigenvalue weighted by Crippen LogP contribution is 2.45. The number of carbonyl (C=O) groups excluding carboxylic acids is 2. The van der Waals surface area contributed by atoms with Gasteiger partial charge in [-0.1, -0.05) is 6.07 Å². The smallest absolute Gasteiger partial charge is 0.251 e. The first-order valence-corrected chi connectivity index (χ1v) is 13.9. The van der Waals surface area contributed by atoms with Crippen molar-refractivity contribution in [2.24, 2.45) is 5.73 Å². The molecule has 5 aromatic rings. The van der Waals surface area contributed by atoms with E-state index in [1.165, 1.54) is 31.2 Å². The maximum atomic E-state index is 13.7. The predicted molar refractivity (Wildman–Crippen MR) is 163 cm³/mol. The highest BCUT2D eigenvalue weighted by Gasteiger charge is 2.45. The van der Waals surface area contributed by atoms with Crippen LogP contribution in [0.5, 0.6) is 5.75 Å². The lowest BCUT2D eigenvalue weighted by Gasteiger charge is -2.26. The minimum absolute atomic E-state index is 0.0118. The molecular weight excluding hydrogens is 563 g/mol.